The molecular weight excluding hydrogens is 368 g/mol. The molecule has 0 aliphatic carbocycles. The number of carbonyl (C=O) groups excluding carboxylic acids is 2. The molecule has 0 N–H and O–H groups in total. The second-order valence-electron chi connectivity index (χ2n) is 5.80. The minimum atomic E-state index is -0.309. The van der Waals surface area contributed by atoms with E-state index in [0.717, 1.165) is 15.8 Å². The van der Waals surface area contributed by atoms with E-state index in [1.807, 2.05) is 61.5 Å². The van der Waals surface area contributed by atoms with Gasteiger partial charge in [0.2, 0.25) is 11.8 Å². The van der Waals surface area contributed by atoms with Gasteiger partial charge in [0.25, 0.3) is 0 Å². The Morgan fingerprint density at radius 3 is 2.62 bits per heavy atom. The van der Waals surface area contributed by atoms with Gasteiger partial charge in [-0.2, -0.15) is 0 Å². The fourth-order valence-electron chi connectivity index (χ4n) is 3.06. The Labute approximate surface area is 150 Å². The van der Waals surface area contributed by atoms with Crippen LogP contribution in [0.4, 0.5) is 11.4 Å². The zero-order valence-electron chi connectivity index (χ0n) is 13.5. The lowest BCUT2D eigenvalue weighted by Crippen LogP contribution is -2.37. The largest absolute Gasteiger partial charge is 0.312 e. The van der Waals surface area contributed by atoms with Crippen molar-refractivity contribution in [2.75, 3.05) is 22.9 Å². The quantitative estimate of drug-likeness (QED) is 0.800. The predicted octanol–water partition coefficient (Wildman–Crippen LogP) is 3.86. The van der Waals surface area contributed by atoms with E-state index in [1.165, 1.54) is 0 Å². The van der Waals surface area contributed by atoms with E-state index in [9.17, 15) is 9.59 Å². The Bertz CT molecular complexity index is 748. The Balaban J connectivity index is 1.78. The fraction of sp³-hybridized carbons (Fsp3) is 0.263. The van der Waals surface area contributed by atoms with Gasteiger partial charge in [-0.05, 0) is 37.3 Å². The van der Waals surface area contributed by atoms with Gasteiger partial charge in [-0.15, -0.1) is 0 Å². The van der Waals surface area contributed by atoms with Crippen molar-refractivity contribution < 1.29 is 9.59 Å². The molecule has 1 fully saturated rings. The Morgan fingerprint density at radius 2 is 1.96 bits per heavy atom. The first-order valence-electron chi connectivity index (χ1n) is 8.02. The normalized spacial score (nSPS) is 17.2. The second-order valence-corrected chi connectivity index (χ2v) is 6.72. The highest BCUT2D eigenvalue weighted by Crippen LogP contribution is 2.29. The van der Waals surface area contributed by atoms with Crippen LogP contribution < -0.4 is 9.80 Å². The summed E-state index contributed by atoms with van der Waals surface area (Å²) in [4.78, 5) is 28.7. The van der Waals surface area contributed by atoms with Crippen molar-refractivity contribution in [2.45, 2.75) is 13.3 Å². The monoisotopic (exact) mass is 386 g/mol. The number of carbonyl (C=O) groups is 2. The molecule has 24 heavy (non-hydrogen) atoms. The molecule has 124 valence electrons. The Morgan fingerprint density at radius 1 is 1.21 bits per heavy atom. The number of halogens is 1. The summed E-state index contributed by atoms with van der Waals surface area (Å²) in [5.74, 6) is -0.304. The standard InChI is InChI=1S/C19H19BrN2O2/c1-2-21(16-8-4-3-5-9-16)19(24)14-11-18(23)22(13-14)17-10-6-7-15(20)12-17/h3-10,12,14H,2,11,13H2,1H3. The highest BCUT2D eigenvalue weighted by atomic mass is 79.9. The van der Waals surface area contributed by atoms with Crippen LogP contribution in [0.1, 0.15) is 13.3 Å². The van der Waals surface area contributed by atoms with Crippen LogP contribution in [0.25, 0.3) is 0 Å². The predicted molar refractivity (Wildman–Crippen MR) is 99.1 cm³/mol. The van der Waals surface area contributed by atoms with E-state index in [2.05, 4.69) is 15.9 Å². The van der Waals surface area contributed by atoms with Crippen LogP contribution in [-0.2, 0) is 9.59 Å². The number of para-hydroxylation sites is 1. The number of anilines is 2. The first kappa shape index (κ1) is 16.7. The summed E-state index contributed by atoms with van der Waals surface area (Å²) >= 11 is 3.43. The lowest BCUT2D eigenvalue weighted by atomic mass is 10.1. The number of benzene rings is 2. The van der Waals surface area contributed by atoms with Crippen molar-refractivity contribution >= 4 is 39.1 Å². The summed E-state index contributed by atoms with van der Waals surface area (Å²) in [5.41, 5.74) is 1.70. The lowest BCUT2D eigenvalue weighted by molar-refractivity contribution is -0.124. The first-order valence-corrected chi connectivity index (χ1v) is 8.81. The smallest absolute Gasteiger partial charge is 0.232 e. The van der Waals surface area contributed by atoms with Gasteiger partial charge in [-0.1, -0.05) is 40.2 Å². The molecule has 5 heteroatoms. The van der Waals surface area contributed by atoms with Crippen LogP contribution in [0, 0.1) is 5.92 Å². The molecule has 2 aromatic carbocycles. The molecule has 2 aromatic rings. The summed E-state index contributed by atoms with van der Waals surface area (Å²) in [6.07, 6.45) is 0.259. The van der Waals surface area contributed by atoms with E-state index in [4.69, 9.17) is 0 Å². The number of nitrogens with zero attached hydrogens (tertiary/aromatic N) is 2. The molecule has 1 unspecified atom stereocenters. The summed E-state index contributed by atoms with van der Waals surface area (Å²) in [5, 5.41) is 0. The number of hydrogen-bond acceptors (Lipinski definition) is 2. The molecular formula is C19H19BrN2O2. The average Bonchev–Trinajstić information content (AvgIpc) is 2.98. The molecule has 1 atom stereocenters. The van der Waals surface area contributed by atoms with Gasteiger partial charge < -0.3 is 9.80 Å². The van der Waals surface area contributed by atoms with Crippen molar-refractivity contribution in [3.8, 4) is 0 Å². The molecule has 3 rings (SSSR count). The summed E-state index contributed by atoms with van der Waals surface area (Å²) < 4.78 is 0.919. The molecule has 0 radical (unpaired) electrons. The van der Waals surface area contributed by atoms with Crippen LogP contribution in [0.3, 0.4) is 0 Å². The third-order valence-electron chi connectivity index (χ3n) is 4.24. The number of hydrogen-bond donors (Lipinski definition) is 0. The van der Waals surface area contributed by atoms with Crippen molar-refractivity contribution in [3.05, 3.63) is 59.1 Å². The average molecular weight is 387 g/mol. The minimum absolute atomic E-state index is 0.00411. The van der Waals surface area contributed by atoms with Crippen molar-refractivity contribution in [3.63, 3.8) is 0 Å². The summed E-state index contributed by atoms with van der Waals surface area (Å²) in [6.45, 7) is 2.97. The molecule has 0 aromatic heterocycles. The van der Waals surface area contributed by atoms with Crippen LogP contribution in [0.15, 0.2) is 59.1 Å². The fourth-order valence-corrected chi connectivity index (χ4v) is 3.45. The Hall–Kier alpha value is -2.14. The van der Waals surface area contributed by atoms with E-state index in [1.54, 1.807) is 9.80 Å². The highest BCUT2D eigenvalue weighted by Gasteiger charge is 2.37. The van der Waals surface area contributed by atoms with E-state index in [-0.39, 0.29) is 24.2 Å². The number of rotatable bonds is 4. The van der Waals surface area contributed by atoms with Crippen molar-refractivity contribution in [1.82, 2.24) is 0 Å². The third kappa shape index (κ3) is 3.36. The molecule has 1 aliphatic heterocycles. The molecule has 0 saturated carbocycles. The van der Waals surface area contributed by atoms with Crippen LogP contribution in [0.5, 0.6) is 0 Å². The summed E-state index contributed by atoms with van der Waals surface area (Å²) in [6, 6.07) is 17.2. The van der Waals surface area contributed by atoms with Gasteiger partial charge in [0.05, 0.1) is 5.92 Å². The maximum absolute atomic E-state index is 12.9. The zero-order valence-corrected chi connectivity index (χ0v) is 15.1. The zero-order chi connectivity index (χ0) is 17.1. The molecule has 1 heterocycles. The van der Waals surface area contributed by atoms with Crippen LogP contribution in [0.2, 0.25) is 0 Å². The van der Waals surface area contributed by atoms with Gasteiger partial charge in [0, 0.05) is 35.4 Å². The lowest BCUT2D eigenvalue weighted by Gasteiger charge is -2.24. The molecule has 2 amide bonds. The van der Waals surface area contributed by atoms with Gasteiger partial charge in [-0.25, -0.2) is 0 Å². The van der Waals surface area contributed by atoms with Gasteiger partial charge in [-0.3, -0.25) is 9.59 Å². The van der Waals surface area contributed by atoms with Crippen LogP contribution in [-0.4, -0.2) is 24.9 Å². The maximum Gasteiger partial charge on any atom is 0.232 e. The van der Waals surface area contributed by atoms with E-state index >= 15 is 0 Å². The molecule has 0 spiro atoms. The third-order valence-corrected chi connectivity index (χ3v) is 4.74. The maximum atomic E-state index is 12.9. The van der Waals surface area contributed by atoms with Gasteiger partial charge in [0.15, 0.2) is 0 Å². The SMILES string of the molecule is CCN(C(=O)C1CC(=O)N(c2cccc(Br)c2)C1)c1ccccc1. The molecule has 0 bridgehead atoms. The molecule has 4 nitrogen and oxygen atoms in total. The molecule has 1 saturated heterocycles. The van der Waals surface area contributed by atoms with Crippen molar-refractivity contribution in [2.24, 2.45) is 5.92 Å². The topological polar surface area (TPSA) is 40.6 Å². The van der Waals surface area contributed by atoms with Gasteiger partial charge >= 0.3 is 0 Å². The van der Waals surface area contributed by atoms with Crippen molar-refractivity contribution in [1.29, 1.82) is 0 Å². The number of amides is 2. The Kier molecular flexibility index (Phi) is 5.00. The van der Waals surface area contributed by atoms with E-state index in [0.29, 0.717) is 13.1 Å². The van der Waals surface area contributed by atoms with E-state index < -0.39 is 0 Å². The van der Waals surface area contributed by atoms with Gasteiger partial charge in [0.1, 0.15) is 0 Å². The highest BCUT2D eigenvalue weighted by molar-refractivity contribution is 9.10. The first-order chi connectivity index (χ1) is 11.6. The minimum Gasteiger partial charge on any atom is -0.312 e. The molecule has 1 aliphatic rings. The summed E-state index contributed by atoms with van der Waals surface area (Å²) in [7, 11) is 0. The second kappa shape index (κ2) is 7.18. The van der Waals surface area contributed by atoms with Crippen LogP contribution >= 0.6 is 15.9 Å².